The molecule has 130 valence electrons. The van der Waals surface area contributed by atoms with Crippen LogP contribution in [0.15, 0.2) is 24.3 Å². The highest BCUT2D eigenvalue weighted by Crippen LogP contribution is 2.58. The Morgan fingerprint density at radius 2 is 2.00 bits per heavy atom. The molecule has 0 aromatic carbocycles. The topological polar surface area (TPSA) is 0 Å². The Balaban J connectivity index is 1.62. The molecule has 0 amide bonds. The lowest BCUT2D eigenvalue weighted by Gasteiger charge is -2.35. The van der Waals surface area contributed by atoms with E-state index >= 15 is 0 Å². The third kappa shape index (κ3) is 3.33. The van der Waals surface area contributed by atoms with Gasteiger partial charge in [0, 0.05) is 0 Å². The summed E-state index contributed by atoms with van der Waals surface area (Å²) < 4.78 is 0. The van der Waals surface area contributed by atoms with Crippen molar-refractivity contribution in [1.82, 2.24) is 0 Å². The van der Waals surface area contributed by atoms with E-state index in [1.807, 2.05) is 5.57 Å². The molecule has 0 aromatic heterocycles. The Kier molecular flexibility index (Phi) is 5.39. The third-order valence-electron chi connectivity index (χ3n) is 7.72. The first kappa shape index (κ1) is 17.3. The molecule has 0 aliphatic heterocycles. The second kappa shape index (κ2) is 7.16. The van der Waals surface area contributed by atoms with E-state index in [1.54, 1.807) is 0 Å². The first-order valence-electron chi connectivity index (χ1n) is 10.4. The van der Waals surface area contributed by atoms with Crippen molar-refractivity contribution >= 4 is 0 Å². The highest BCUT2D eigenvalue weighted by Gasteiger charge is 2.49. The van der Waals surface area contributed by atoms with E-state index in [-0.39, 0.29) is 0 Å². The molecule has 2 bridgehead atoms. The standard InChI is InChI=1S/C23H38/c1-6-8-9-15(3)23-17(5)22-14-21(23)13-20(22)12-18-10-16(4)19(7-2)11-18/h7,12,15-19,21-23H,2,6,8-11,13-14H2,1,3-5H3/b20-12+. The number of hydrogen-bond donors (Lipinski definition) is 0. The van der Waals surface area contributed by atoms with Crippen LogP contribution in [0.2, 0.25) is 0 Å². The molecule has 0 aromatic rings. The quantitative estimate of drug-likeness (QED) is 0.469. The Morgan fingerprint density at radius 1 is 1.22 bits per heavy atom. The Morgan fingerprint density at radius 3 is 2.61 bits per heavy atom. The summed E-state index contributed by atoms with van der Waals surface area (Å²) in [6.07, 6.45) is 14.9. The Hall–Kier alpha value is -0.520. The van der Waals surface area contributed by atoms with Crippen molar-refractivity contribution in [2.45, 2.75) is 72.6 Å². The molecule has 3 aliphatic rings. The highest BCUT2D eigenvalue weighted by molar-refractivity contribution is 5.22. The van der Waals surface area contributed by atoms with Gasteiger partial charge in [-0.3, -0.25) is 0 Å². The van der Waals surface area contributed by atoms with Crippen molar-refractivity contribution < 1.29 is 0 Å². The van der Waals surface area contributed by atoms with Gasteiger partial charge in [0.1, 0.15) is 0 Å². The van der Waals surface area contributed by atoms with Crippen LogP contribution in [0.1, 0.15) is 72.6 Å². The van der Waals surface area contributed by atoms with Gasteiger partial charge < -0.3 is 0 Å². The van der Waals surface area contributed by atoms with Crippen molar-refractivity contribution in [2.24, 2.45) is 47.3 Å². The fourth-order valence-electron chi connectivity index (χ4n) is 6.55. The number of rotatable bonds is 6. The predicted octanol–water partition coefficient (Wildman–Crippen LogP) is 6.88. The molecule has 0 radical (unpaired) electrons. The summed E-state index contributed by atoms with van der Waals surface area (Å²) in [5, 5.41) is 0. The zero-order valence-electron chi connectivity index (χ0n) is 15.9. The van der Waals surface area contributed by atoms with Crippen molar-refractivity contribution in [1.29, 1.82) is 0 Å². The predicted molar refractivity (Wildman–Crippen MR) is 101 cm³/mol. The van der Waals surface area contributed by atoms with Crippen LogP contribution >= 0.6 is 0 Å². The first-order valence-corrected chi connectivity index (χ1v) is 10.4. The molecule has 3 saturated carbocycles. The maximum absolute atomic E-state index is 4.04. The molecule has 23 heavy (non-hydrogen) atoms. The molecular weight excluding hydrogens is 276 g/mol. The van der Waals surface area contributed by atoms with Gasteiger partial charge in [-0.05, 0) is 73.0 Å². The van der Waals surface area contributed by atoms with Gasteiger partial charge in [0.15, 0.2) is 0 Å². The van der Waals surface area contributed by atoms with Crippen LogP contribution < -0.4 is 0 Å². The lowest BCUT2D eigenvalue weighted by molar-refractivity contribution is 0.185. The minimum absolute atomic E-state index is 0.759. The minimum Gasteiger partial charge on any atom is -0.103 e. The van der Waals surface area contributed by atoms with Gasteiger partial charge in [-0.2, -0.15) is 0 Å². The molecule has 3 rings (SSSR count). The smallest absolute Gasteiger partial charge is 0.0172 e. The van der Waals surface area contributed by atoms with E-state index in [2.05, 4.69) is 46.4 Å². The average Bonchev–Trinajstić information content (AvgIpc) is 3.17. The van der Waals surface area contributed by atoms with Crippen LogP contribution in [-0.4, -0.2) is 0 Å². The fraction of sp³-hybridized carbons (Fsp3) is 0.826. The SMILES string of the molecule is C=CC1CC(/C=C2\CC3CC2C(C)C3C(C)CCCC)CC1C. The molecule has 0 heteroatoms. The molecule has 3 fully saturated rings. The van der Waals surface area contributed by atoms with E-state index in [0.717, 1.165) is 47.3 Å². The van der Waals surface area contributed by atoms with E-state index in [1.165, 1.54) is 44.9 Å². The number of unbranched alkanes of at least 4 members (excludes halogenated alkanes) is 1. The summed E-state index contributed by atoms with van der Waals surface area (Å²) in [6.45, 7) is 13.9. The molecule has 0 nitrogen and oxygen atoms in total. The Labute approximate surface area is 144 Å². The van der Waals surface area contributed by atoms with Gasteiger partial charge in [0.05, 0.1) is 0 Å². The summed E-state index contributed by atoms with van der Waals surface area (Å²) >= 11 is 0. The first-order chi connectivity index (χ1) is 11.0. The molecule has 0 saturated heterocycles. The van der Waals surface area contributed by atoms with Crippen LogP contribution in [0.5, 0.6) is 0 Å². The summed E-state index contributed by atoms with van der Waals surface area (Å²) in [6, 6.07) is 0. The van der Waals surface area contributed by atoms with Gasteiger partial charge in [-0.25, -0.2) is 0 Å². The van der Waals surface area contributed by atoms with Crippen LogP contribution in [0.3, 0.4) is 0 Å². The van der Waals surface area contributed by atoms with Gasteiger partial charge in [0.25, 0.3) is 0 Å². The largest absolute Gasteiger partial charge is 0.103 e. The van der Waals surface area contributed by atoms with Crippen molar-refractivity contribution in [3.63, 3.8) is 0 Å². The maximum Gasteiger partial charge on any atom is -0.0172 e. The normalized spacial score (nSPS) is 45.7. The monoisotopic (exact) mass is 314 g/mol. The molecular formula is C23H38. The van der Waals surface area contributed by atoms with Crippen LogP contribution in [-0.2, 0) is 0 Å². The third-order valence-corrected chi connectivity index (χ3v) is 7.72. The van der Waals surface area contributed by atoms with Crippen molar-refractivity contribution in [3.05, 3.63) is 24.3 Å². The molecule has 8 unspecified atom stereocenters. The number of allylic oxidation sites excluding steroid dienone is 3. The van der Waals surface area contributed by atoms with Gasteiger partial charge >= 0.3 is 0 Å². The fourth-order valence-corrected chi connectivity index (χ4v) is 6.55. The second-order valence-electron chi connectivity index (χ2n) is 9.21. The van der Waals surface area contributed by atoms with Gasteiger partial charge in [0.2, 0.25) is 0 Å². The molecule has 0 N–H and O–H groups in total. The summed E-state index contributed by atoms with van der Waals surface area (Å²) in [7, 11) is 0. The highest BCUT2D eigenvalue weighted by atomic mass is 14.5. The maximum atomic E-state index is 4.04. The van der Waals surface area contributed by atoms with Gasteiger partial charge in [-0.1, -0.05) is 64.7 Å². The van der Waals surface area contributed by atoms with E-state index in [4.69, 9.17) is 0 Å². The lowest BCUT2D eigenvalue weighted by atomic mass is 9.70. The minimum atomic E-state index is 0.759. The number of fused-ring (bicyclic) bond motifs is 2. The molecule has 3 aliphatic carbocycles. The average molecular weight is 315 g/mol. The molecule has 8 atom stereocenters. The lowest BCUT2D eigenvalue weighted by Crippen LogP contribution is -2.27. The second-order valence-corrected chi connectivity index (χ2v) is 9.21. The van der Waals surface area contributed by atoms with Crippen molar-refractivity contribution in [2.75, 3.05) is 0 Å². The summed E-state index contributed by atoms with van der Waals surface area (Å²) in [5.74, 6) is 7.24. The Bertz CT molecular complexity index is 443. The zero-order chi connectivity index (χ0) is 16.6. The van der Waals surface area contributed by atoms with E-state index < -0.39 is 0 Å². The van der Waals surface area contributed by atoms with Gasteiger partial charge in [-0.15, -0.1) is 6.58 Å². The van der Waals surface area contributed by atoms with Crippen LogP contribution in [0.4, 0.5) is 0 Å². The molecule has 0 spiro atoms. The van der Waals surface area contributed by atoms with Crippen LogP contribution in [0, 0.1) is 47.3 Å². The number of hydrogen-bond acceptors (Lipinski definition) is 0. The molecule has 0 heterocycles. The summed E-state index contributed by atoms with van der Waals surface area (Å²) in [4.78, 5) is 0. The zero-order valence-corrected chi connectivity index (χ0v) is 15.9. The van der Waals surface area contributed by atoms with E-state index in [9.17, 15) is 0 Å². The van der Waals surface area contributed by atoms with E-state index in [0.29, 0.717) is 0 Å². The summed E-state index contributed by atoms with van der Waals surface area (Å²) in [5.41, 5.74) is 1.85. The van der Waals surface area contributed by atoms with Crippen molar-refractivity contribution in [3.8, 4) is 0 Å². The van der Waals surface area contributed by atoms with Crippen LogP contribution in [0.25, 0.3) is 0 Å².